The van der Waals surface area contributed by atoms with E-state index in [2.05, 4.69) is 44.5 Å². The summed E-state index contributed by atoms with van der Waals surface area (Å²) in [7, 11) is 0. The number of oxazole rings is 1. The van der Waals surface area contributed by atoms with Gasteiger partial charge in [0.15, 0.2) is 5.58 Å². The molecule has 218 valence electrons. The van der Waals surface area contributed by atoms with Gasteiger partial charge in [0.25, 0.3) is 6.01 Å². The number of nitrogens with one attached hydrogen (secondary N) is 2. The van der Waals surface area contributed by atoms with E-state index in [1.165, 1.54) is 36.2 Å². The van der Waals surface area contributed by atoms with Crippen molar-refractivity contribution in [3.8, 4) is 11.1 Å². The Balaban J connectivity index is 1.09. The number of para-hydroxylation sites is 1. The Kier molecular flexibility index (Phi) is 7.03. The normalized spacial score (nSPS) is 18.5. The van der Waals surface area contributed by atoms with Crippen LogP contribution in [0.3, 0.4) is 0 Å². The van der Waals surface area contributed by atoms with Crippen molar-refractivity contribution in [1.82, 2.24) is 20.1 Å². The molecule has 1 amide bonds. The van der Waals surface area contributed by atoms with E-state index in [0.29, 0.717) is 41.3 Å². The van der Waals surface area contributed by atoms with Crippen LogP contribution in [0.25, 0.3) is 22.2 Å². The standard InChI is InChI=1S/C32H34F2N6O2/c1-20-15-22(5-8-29(20)40-13-11-39(12-14-40)23-6-7-23)36-32-37-28-4-2-3-24(31(28)42-32)21-16-26(33)25(27(34)17-21)18-38-10-9-35-30(41)19-38/h2-5,8,15-17,23H,6-7,9-14,18-19H2,1H3,(H,35,41)(H,36,37). The van der Waals surface area contributed by atoms with Gasteiger partial charge in [-0.15, -0.1) is 0 Å². The topological polar surface area (TPSA) is 76.9 Å². The molecule has 2 saturated heterocycles. The number of nitrogens with zero attached hydrogens (tertiary/aromatic N) is 4. The fraction of sp³-hybridized carbons (Fsp3) is 0.375. The maximum absolute atomic E-state index is 15.2. The Labute approximate surface area is 243 Å². The summed E-state index contributed by atoms with van der Waals surface area (Å²) in [5.41, 5.74) is 5.16. The molecule has 0 atom stereocenters. The van der Waals surface area contributed by atoms with Crippen LogP contribution in [0.2, 0.25) is 0 Å². The van der Waals surface area contributed by atoms with Gasteiger partial charge >= 0.3 is 0 Å². The first-order valence-corrected chi connectivity index (χ1v) is 14.6. The predicted molar refractivity (Wildman–Crippen MR) is 159 cm³/mol. The second-order valence-electron chi connectivity index (χ2n) is 11.5. The Morgan fingerprint density at radius 3 is 2.52 bits per heavy atom. The van der Waals surface area contributed by atoms with Crippen LogP contribution < -0.4 is 15.5 Å². The van der Waals surface area contributed by atoms with Crippen molar-refractivity contribution in [2.24, 2.45) is 0 Å². The van der Waals surface area contributed by atoms with Gasteiger partial charge < -0.3 is 20.0 Å². The molecule has 2 N–H and O–H groups in total. The molecule has 1 aromatic heterocycles. The maximum atomic E-state index is 15.2. The zero-order valence-electron chi connectivity index (χ0n) is 23.6. The molecule has 1 saturated carbocycles. The van der Waals surface area contributed by atoms with Gasteiger partial charge in [-0.05, 0) is 67.3 Å². The lowest BCUT2D eigenvalue weighted by molar-refractivity contribution is -0.124. The molecule has 0 bridgehead atoms. The van der Waals surface area contributed by atoms with Crippen LogP contribution in [0.15, 0.2) is 52.9 Å². The smallest absolute Gasteiger partial charge is 0.300 e. The zero-order chi connectivity index (χ0) is 28.8. The first-order valence-electron chi connectivity index (χ1n) is 14.6. The number of aromatic nitrogens is 1. The summed E-state index contributed by atoms with van der Waals surface area (Å²) in [6, 6.07) is 15.4. The van der Waals surface area contributed by atoms with Crippen LogP contribution in [0.5, 0.6) is 0 Å². The molecule has 8 nitrogen and oxygen atoms in total. The van der Waals surface area contributed by atoms with Gasteiger partial charge in [-0.1, -0.05) is 12.1 Å². The number of amides is 1. The van der Waals surface area contributed by atoms with Gasteiger partial charge in [0, 0.05) is 74.4 Å². The first kappa shape index (κ1) is 26.9. The minimum atomic E-state index is -0.657. The third kappa shape index (κ3) is 5.44. The monoisotopic (exact) mass is 572 g/mol. The van der Waals surface area contributed by atoms with E-state index in [1.54, 1.807) is 17.0 Å². The second-order valence-corrected chi connectivity index (χ2v) is 11.5. The molecule has 2 aliphatic heterocycles. The van der Waals surface area contributed by atoms with Crippen molar-refractivity contribution >= 4 is 34.4 Å². The summed E-state index contributed by atoms with van der Waals surface area (Å²) >= 11 is 0. The molecule has 3 heterocycles. The Bertz CT molecular complexity index is 1620. The SMILES string of the molecule is Cc1cc(Nc2nc3cccc(-c4cc(F)c(CN5CCNC(=O)C5)c(F)c4)c3o2)ccc1N1CCN(C2CC2)CC1. The number of carbonyl (C=O) groups is 1. The van der Waals surface area contributed by atoms with E-state index >= 15 is 8.78 Å². The number of aryl methyl sites for hydroxylation is 1. The average Bonchev–Trinajstić information content (AvgIpc) is 3.74. The van der Waals surface area contributed by atoms with Gasteiger partial charge in [0.1, 0.15) is 17.2 Å². The fourth-order valence-corrected chi connectivity index (χ4v) is 6.17. The highest BCUT2D eigenvalue weighted by Crippen LogP contribution is 2.35. The fourth-order valence-electron chi connectivity index (χ4n) is 6.17. The van der Waals surface area contributed by atoms with Crippen molar-refractivity contribution in [3.63, 3.8) is 0 Å². The van der Waals surface area contributed by atoms with E-state index < -0.39 is 11.6 Å². The van der Waals surface area contributed by atoms with Crippen LogP contribution in [0.4, 0.5) is 26.2 Å². The van der Waals surface area contributed by atoms with Crippen molar-refractivity contribution in [2.45, 2.75) is 32.4 Å². The number of benzene rings is 3. The predicted octanol–water partition coefficient (Wildman–Crippen LogP) is 5.04. The molecule has 3 fully saturated rings. The highest BCUT2D eigenvalue weighted by molar-refractivity contribution is 5.91. The number of halogens is 2. The Morgan fingerprint density at radius 1 is 1.02 bits per heavy atom. The first-order chi connectivity index (χ1) is 20.4. The van der Waals surface area contributed by atoms with Crippen LogP contribution in [-0.4, -0.2) is 72.5 Å². The van der Waals surface area contributed by atoms with E-state index in [0.717, 1.165) is 37.9 Å². The number of carbonyl (C=O) groups excluding carboxylic acids is 1. The van der Waals surface area contributed by atoms with Gasteiger partial charge in [0.05, 0.1) is 6.54 Å². The third-order valence-corrected chi connectivity index (χ3v) is 8.53. The van der Waals surface area contributed by atoms with Crippen molar-refractivity contribution in [2.75, 3.05) is 56.0 Å². The molecule has 3 aromatic carbocycles. The summed E-state index contributed by atoms with van der Waals surface area (Å²) in [6.45, 7) is 7.57. The molecule has 3 aliphatic rings. The van der Waals surface area contributed by atoms with Gasteiger partial charge in [-0.2, -0.15) is 4.98 Å². The minimum Gasteiger partial charge on any atom is -0.423 e. The molecule has 42 heavy (non-hydrogen) atoms. The Morgan fingerprint density at radius 2 is 1.81 bits per heavy atom. The van der Waals surface area contributed by atoms with E-state index in [9.17, 15) is 4.79 Å². The third-order valence-electron chi connectivity index (χ3n) is 8.53. The Hall–Kier alpha value is -4.02. The van der Waals surface area contributed by atoms with Crippen LogP contribution >= 0.6 is 0 Å². The molecule has 4 aromatic rings. The molecule has 1 aliphatic carbocycles. The average molecular weight is 573 g/mol. The largest absolute Gasteiger partial charge is 0.423 e. The lowest BCUT2D eigenvalue weighted by Gasteiger charge is -2.37. The van der Waals surface area contributed by atoms with Gasteiger partial charge in [-0.25, -0.2) is 8.78 Å². The number of hydrogen-bond donors (Lipinski definition) is 2. The number of hydrogen-bond acceptors (Lipinski definition) is 7. The van der Waals surface area contributed by atoms with Crippen molar-refractivity contribution < 1.29 is 18.0 Å². The summed E-state index contributed by atoms with van der Waals surface area (Å²) in [6.07, 6.45) is 2.69. The number of piperazine rings is 2. The summed E-state index contributed by atoms with van der Waals surface area (Å²) in [4.78, 5) is 23.1. The summed E-state index contributed by atoms with van der Waals surface area (Å²) in [5.74, 6) is -1.46. The van der Waals surface area contributed by atoms with Crippen LogP contribution in [-0.2, 0) is 11.3 Å². The van der Waals surface area contributed by atoms with Crippen molar-refractivity contribution in [1.29, 1.82) is 0 Å². The molecule has 10 heteroatoms. The van der Waals surface area contributed by atoms with Crippen LogP contribution in [0.1, 0.15) is 24.0 Å². The maximum Gasteiger partial charge on any atom is 0.300 e. The number of anilines is 3. The molecular weight excluding hydrogens is 538 g/mol. The number of fused-ring (bicyclic) bond motifs is 1. The molecule has 0 spiro atoms. The minimum absolute atomic E-state index is 0.0286. The zero-order valence-corrected chi connectivity index (χ0v) is 23.6. The second kappa shape index (κ2) is 11.0. The van der Waals surface area contributed by atoms with E-state index in [4.69, 9.17) is 4.42 Å². The lowest BCUT2D eigenvalue weighted by Crippen LogP contribution is -2.47. The highest BCUT2D eigenvalue weighted by Gasteiger charge is 2.31. The quantitative estimate of drug-likeness (QED) is 0.321. The number of rotatable bonds is 7. The van der Waals surface area contributed by atoms with Gasteiger partial charge in [0.2, 0.25) is 5.91 Å². The lowest BCUT2D eigenvalue weighted by atomic mass is 10.0. The summed E-state index contributed by atoms with van der Waals surface area (Å²) < 4.78 is 36.4. The van der Waals surface area contributed by atoms with Gasteiger partial charge in [-0.3, -0.25) is 14.6 Å². The van der Waals surface area contributed by atoms with E-state index in [1.807, 2.05) is 12.1 Å². The molecule has 0 radical (unpaired) electrons. The van der Waals surface area contributed by atoms with Crippen molar-refractivity contribution in [3.05, 3.63) is 71.3 Å². The molecule has 7 rings (SSSR count). The van der Waals surface area contributed by atoms with Crippen LogP contribution in [0, 0.1) is 18.6 Å². The highest BCUT2D eigenvalue weighted by atomic mass is 19.1. The van der Waals surface area contributed by atoms with E-state index in [-0.39, 0.29) is 24.6 Å². The molecule has 0 unspecified atom stereocenters. The summed E-state index contributed by atoms with van der Waals surface area (Å²) in [5, 5.41) is 5.99. The molecular formula is C32H34F2N6O2.